The fourth-order valence-corrected chi connectivity index (χ4v) is 0. The monoisotopic (exact) mass is 160 g/mol. The second-order valence-electron chi connectivity index (χ2n) is 0.0833. The van der Waals surface area contributed by atoms with Crippen molar-refractivity contribution in [2.45, 2.75) is 0 Å². The second-order valence-corrected chi connectivity index (χ2v) is 0.344. The van der Waals surface area contributed by atoms with E-state index >= 15 is 0 Å². The molecule has 5 heteroatoms. The predicted molar refractivity (Wildman–Crippen MR) is 12.7 cm³/mol. The van der Waals surface area contributed by atoms with Gasteiger partial charge >= 0.3 is 25.7 Å². The molecule has 0 saturated heterocycles. The molecule has 0 bridgehead atoms. The van der Waals surface area contributed by atoms with Gasteiger partial charge in [-0.1, -0.05) is 0 Å². The molecule has 28 valence electrons. The van der Waals surface area contributed by atoms with Gasteiger partial charge in [0.2, 0.25) is 0 Å². The molecule has 2 nitrogen and oxygen atoms in total. The van der Waals surface area contributed by atoms with E-state index in [1.165, 1.54) is 0 Å². The first-order valence-electron chi connectivity index (χ1n) is 0.408. The molecule has 0 N–H and O–H groups in total. The Kier molecular flexibility index (Phi) is 61.2. The second kappa shape index (κ2) is 18.8. The maximum Gasteiger partial charge on any atom is 0 e. The molecule has 0 amide bonds. The summed E-state index contributed by atoms with van der Waals surface area (Å²) in [7, 11) is 0. The van der Waals surface area contributed by atoms with E-state index in [2.05, 4.69) is 0 Å². The molecule has 0 unspecified atom stereocenters. The van der Waals surface area contributed by atoms with Crippen LogP contribution in [0.15, 0.2) is 0 Å². The minimum atomic E-state index is -2.00. The first-order valence-corrected chi connectivity index (χ1v) is 1.68. The summed E-state index contributed by atoms with van der Waals surface area (Å²) in [4.78, 5) is 0. The van der Waals surface area contributed by atoms with Gasteiger partial charge in [0.15, 0.2) is 0 Å². The van der Waals surface area contributed by atoms with Gasteiger partial charge in [0, 0.05) is 21.7 Å². The van der Waals surface area contributed by atoms with Crippen molar-refractivity contribution >= 4 is 11.0 Å². The zero-order chi connectivity index (χ0) is 2.71. The summed E-state index contributed by atoms with van der Waals surface area (Å²) >= 11 is -2.00. The predicted octanol–water partition coefficient (Wildman–Crippen LogP) is -1.69. The largest absolute Gasteiger partial charge is 0.0149 e. The van der Waals surface area contributed by atoms with Crippen LogP contribution in [0.3, 0.4) is 0 Å². The van der Waals surface area contributed by atoms with Crippen LogP contribution in [-0.4, -0.2) is 11.0 Å². The van der Waals surface area contributed by atoms with Gasteiger partial charge in [0.05, 0.1) is 0 Å². The Bertz CT molecular complexity index is 28.6. The Hall–Kier alpha value is 1.25. The first-order chi connectivity index (χ1) is 1.41. The van der Waals surface area contributed by atoms with Crippen LogP contribution in [-0.2, 0) is 47.5 Å². The first kappa shape index (κ1) is 16.3. The van der Waals surface area contributed by atoms with Gasteiger partial charge in [0.1, 0.15) is 0 Å². The van der Waals surface area contributed by atoms with Crippen molar-refractivity contribution in [1.29, 1.82) is 0 Å². The maximum atomic E-state index is 8.50. The van der Waals surface area contributed by atoms with Gasteiger partial charge < -0.3 is 0 Å². The molecule has 0 aromatic carbocycles. The topological polar surface area (TPSA) is 34.1 Å². The van der Waals surface area contributed by atoms with Gasteiger partial charge in [-0.05, 0) is 11.0 Å². The summed E-state index contributed by atoms with van der Waals surface area (Å²) in [6.45, 7) is 0. The number of hydrogen-bond acceptors (Lipinski definition) is 2. The van der Waals surface area contributed by atoms with Crippen LogP contribution < -0.4 is 0 Å². The van der Waals surface area contributed by atoms with Crippen LogP contribution in [0, 0.1) is 0 Å². The van der Waals surface area contributed by atoms with Gasteiger partial charge in [0.25, 0.3) is 0 Å². The summed E-state index contributed by atoms with van der Waals surface area (Å²) < 4.78 is 17.0. The normalized spacial score (nSPS) is 1.60. The van der Waals surface area contributed by atoms with Crippen molar-refractivity contribution in [1.82, 2.24) is 0 Å². The third-order valence-electron chi connectivity index (χ3n) is 0. The summed E-state index contributed by atoms with van der Waals surface area (Å²) in [6.07, 6.45) is 0. The van der Waals surface area contributed by atoms with E-state index in [-0.39, 0.29) is 32.7 Å². The zero-order valence-corrected chi connectivity index (χ0v) is 4.94. The summed E-state index contributed by atoms with van der Waals surface area (Å²) in [5, 5.41) is 0. The zero-order valence-electron chi connectivity index (χ0n) is 1.82. The van der Waals surface area contributed by atoms with E-state index < -0.39 is 19.1 Å². The average Bonchev–Trinajstić information content (AvgIpc) is 0.918. The maximum absolute atomic E-state index is 8.50. The van der Waals surface area contributed by atoms with Gasteiger partial charge in [-0.2, -0.15) is 0 Å². The molecule has 0 aliphatic rings. The van der Waals surface area contributed by atoms with Crippen molar-refractivity contribution in [2.24, 2.45) is 0 Å². The molecule has 0 fully saturated rings. The molecule has 0 aliphatic heterocycles. The van der Waals surface area contributed by atoms with Crippen LogP contribution in [0.25, 0.3) is 0 Å². The van der Waals surface area contributed by atoms with Crippen molar-refractivity contribution in [2.75, 3.05) is 0 Å². The van der Waals surface area contributed by atoms with Crippen molar-refractivity contribution in [3.63, 3.8) is 0 Å². The van der Waals surface area contributed by atoms with E-state index in [1.807, 2.05) is 0 Å². The molecule has 5 heavy (non-hydrogen) atoms. The van der Waals surface area contributed by atoms with Crippen molar-refractivity contribution in [3.8, 4) is 0 Å². The summed E-state index contributed by atoms with van der Waals surface area (Å²) in [5.41, 5.74) is 0. The Morgan fingerprint density at radius 1 is 1.20 bits per heavy atom. The van der Waals surface area contributed by atoms with Crippen molar-refractivity contribution in [3.05, 3.63) is 0 Å². The molecule has 0 spiro atoms. The SMILES string of the molecule is [O]=[Ti]=[O].[SiH4].[Ti]. The van der Waals surface area contributed by atoms with Gasteiger partial charge in [-0.25, -0.2) is 0 Å². The third kappa shape index (κ3) is 35.6. The standard InChI is InChI=1S/2O.H4Si.2Ti/h;;1H4;;. The Labute approximate surface area is 58.2 Å². The van der Waals surface area contributed by atoms with Crippen LogP contribution >= 0.6 is 0 Å². The van der Waals surface area contributed by atoms with Gasteiger partial charge in [-0.15, -0.1) is 0 Å². The summed E-state index contributed by atoms with van der Waals surface area (Å²) in [5.74, 6) is 0. The molecule has 0 aromatic rings. The van der Waals surface area contributed by atoms with Crippen LogP contribution in [0.1, 0.15) is 0 Å². The molecular formula is H4O2SiTi2. The minimum absolute atomic E-state index is 0. The molecule has 0 radical (unpaired) electrons. The smallest absolute Gasteiger partial charge is 0 e. The number of hydrogen-bond donors (Lipinski definition) is 0. The summed E-state index contributed by atoms with van der Waals surface area (Å²) in [6, 6.07) is 0. The quantitative estimate of drug-likeness (QED) is 0.396. The molecule has 0 aromatic heterocycles. The average molecular weight is 160 g/mol. The Balaban J connectivity index is -0.0000000200. The van der Waals surface area contributed by atoms with E-state index in [0.717, 1.165) is 0 Å². The van der Waals surface area contributed by atoms with Crippen LogP contribution in [0.4, 0.5) is 0 Å². The fraction of sp³-hybridized carbons (Fsp3) is 0. The molecule has 0 rings (SSSR count). The Morgan fingerprint density at radius 2 is 1.20 bits per heavy atom. The van der Waals surface area contributed by atoms with Crippen LogP contribution in [0.5, 0.6) is 0 Å². The Morgan fingerprint density at radius 3 is 1.20 bits per heavy atom. The van der Waals surface area contributed by atoms with E-state index in [1.54, 1.807) is 0 Å². The van der Waals surface area contributed by atoms with Crippen molar-refractivity contribution < 1.29 is 47.5 Å². The fourth-order valence-electron chi connectivity index (χ4n) is 0. The molecular weight excluding hydrogens is 156 g/mol. The van der Waals surface area contributed by atoms with E-state index in [4.69, 9.17) is 6.65 Å². The minimum Gasteiger partial charge on any atom is -0.0149 e. The number of rotatable bonds is 0. The molecule has 0 saturated carbocycles. The molecule has 0 aliphatic carbocycles. The van der Waals surface area contributed by atoms with Crippen LogP contribution in [0.2, 0.25) is 0 Å². The van der Waals surface area contributed by atoms with E-state index in [9.17, 15) is 0 Å². The van der Waals surface area contributed by atoms with Gasteiger partial charge in [-0.3, -0.25) is 0 Å². The third-order valence-corrected chi connectivity index (χ3v) is 0. The molecule has 0 atom stereocenters. The van der Waals surface area contributed by atoms with E-state index in [0.29, 0.717) is 0 Å². The molecule has 0 heterocycles.